The molecule has 3 nitrogen and oxygen atoms in total. The maximum atomic E-state index is 13.5. The molecule has 86 valence electrons. The van der Waals surface area contributed by atoms with Crippen LogP contribution in [0.2, 0.25) is 0 Å². The summed E-state index contributed by atoms with van der Waals surface area (Å²) in [6, 6.07) is 4.91. The highest BCUT2D eigenvalue weighted by molar-refractivity contribution is 5.77. The summed E-state index contributed by atoms with van der Waals surface area (Å²) >= 11 is 0. The Morgan fingerprint density at radius 3 is 2.71 bits per heavy atom. The van der Waals surface area contributed by atoms with Crippen LogP contribution in [0.1, 0.15) is 10.4 Å². The minimum Gasteiger partial charge on any atom is -0.328 e. The fourth-order valence-corrected chi connectivity index (χ4v) is 1.47. The molecule has 0 aliphatic heterocycles. The van der Waals surface area contributed by atoms with Crippen LogP contribution < -0.4 is 5.56 Å². The van der Waals surface area contributed by atoms with Gasteiger partial charge in [0.05, 0.1) is 5.56 Å². The van der Waals surface area contributed by atoms with Gasteiger partial charge >= 0.3 is 0 Å². The van der Waals surface area contributed by atoms with E-state index in [0.717, 1.165) is 6.07 Å². The third-order valence-corrected chi connectivity index (χ3v) is 2.32. The van der Waals surface area contributed by atoms with Crippen molar-refractivity contribution in [1.29, 1.82) is 0 Å². The number of benzene rings is 1. The Balaban J connectivity index is 2.65. The standard InChI is InChI=1S/C12H7F2NO2/c13-10-3-1-2-9(11(10)14)7-4-8(6-16)12(17)15-5-7/h1-6H,(H,15,17). The number of aromatic nitrogens is 1. The second-order valence-corrected chi connectivity index (χ2v) is 3.39. The average molecular weight is 235 g/mol. The average Bonchev–Trinajstić information content (AvgIpc) is 2.34. The van der Waals surface area contributed by atoms with Crippen molar-refractivity contribution in [2.75, 3.05) is 0 Å². The Bertz CT molecular complexity index is 635. The highest BCUT2D eigenvalue weighted by Crippen LogP contribution is 2.23. The van der Waals surface area contributed by atoms with Crippen LogP contribution in [0.15, 0.2) is 35.3 Å². The Kier molecular flexibility index (Phi) is 2.82. The van der Waals surface area contributed by atoms with E-state index in [1.165, 1.54) is 24.4 Å². The van der Waals surface area contributed by atoms with E-state index in [4.69, 9.17) is 0 Å². The normalized spacial score (nSPS) is 10.2. The number of carbonyl (C=O) groups excluding carboxylic acids is 1. The number of aldehydes is 1. The highest BCUT2D eigenvalue weighted by atomic mass is 19.2. The lowest BCUT2D eigenvalue weighted by Crippen LogP contribution is -2.11. The van der Waals surface area contributed by atoms with Crippen molar-refractivity contribution < 1.29 is 13.6 Å². The molecule has 0 spiro atoms. The lowest BCUT2D eigenvalue weighted by Gasteiger charge is -2.04. The third kappa shape index (κ3) is 1.99. The van der Waals surface area contributed by atoms with Crippen LogP contribution >= 0.6 is 0 Å². The van der Waals surface area contributed by atoms with E-state index in [0.29, 0.717) is 6.29 Å². The number of carbonyl (C=O) groups is 1. The van der Waals surface area contributed by atoms with Crippen molar-refractivity contribution in [2.24, 2.45) is 0 Å². The fraction of sp³-hybridized carbons (Fsp3) is 0. The molecule has 2 rings (SSSR count). The van der Waals surface area contributed by atoms with Gasteiger partial charge in [0.1, 0.15) is 0 Å². The molecule has 0 saturated heterocycles. The molecule has 1 N–H and O–H groups in total. The van der Waals surface area contributed by atoms with Gasteiger partial charge in [0.25, 0.3) is 5.56 Å². The van der Waals surface area contributed by atoms with Crippen LogP contribution in [-0.4, -0.2) is 11.3 Å². The largest absolute Gasteiger partial charge is 0.328 e. The molecule has 0 aliphatic carbocycles. The van der Waals surface area contributed by atoms with Gasteiger partial charge in [-0.15, -0.1) is 0 Å². The van der Waals surface area contributed by atoms with Crippen molar-refractivity contribution >= 4 is 6.29 Å². The van der Waals surface area contributed by atoms with Crippen LogP contribution in [0.25, 0.3) is 11.1 Å². The van der Waals surface area contributed by atoms with E-state index in [-0.39, 0.29) is 16.7 Å². The maximum Gasteiger partial charge on any atom is 0.258 e. The summed E-state index contributed by atoms with van der Waals surface area (Å²) in [6.45, 7) is 0. The zero-order chi connectivity index (χ0) is 12.4. The number of pyridine rings is 1. The molecule has 1 aromatic carbocycles. The summed E-state index contributed by atoms with van der Waals surface area (Å²) in [4.78, 5) is 24.0. The second-order valence-electron chi connectivity index (χ2n) is 3.39. The summed E-state index contributed by atoms with van der Waals surface area (Å²) < 4.78 is 26.5. The molecule has 1 heterocycles. The smallest absolute Gasteiger partial charge is 0.258 e. The lowest BCUT2D eigenvalue weighted by molar-refractivity contribution is 0.112. The molecule has 0 saturated carbocycles. The fourth-order valence-electron chi connectivity index (χ4n) is 1.47. The van der Waals surface area contributed by atoms with Crippen LogP contribution in [0, 0.1) is 11.6 Å². The van der Waals surface area contributed by atoms with Gasteiger partial charge in [0.2, 0.25) is 0 Å². The quantitative estimate of drug-likeness (QED) is 0.810. The summed E-state index contributed by atoms with van der Waals surface area (Å²) in [6.07, 6.45) is 1.59. The number of rotatable bonds is 2. The van der Waals surface area contributed by atoms with Gasteiger partial charge < -0.3 is 4.98 Å². The summed E-state index contributed by atoms with van der Waals surface area (Å²) in [7, 11) is 0. The molecular formula is C12H7F2NO2. The molecular weight excluding hydrogens is 228 g/mol. The number of nitrogens with one attached hydrogen (secondary N) is 1. The first-order valence-corrected chi connectivity index (χ1v) is 4.76. The number of aromatic amines is 1. The zero-order valence-corrected chi connectivity index (χ0v) is 8.54. The zero-order valence-electron chi connectivity index (χ0n) is 8.54. The van der Waals surface area contributed by atoms with E-state index < -0.39 is 17.2 Å². The Hall–Kier alpha value is -2.30. The van der Waals surface area contributed by atoms with Gasteiger partial charge in [0.15, 0.2) is 17.9 Å². The summed E-state index contributed by atoms with van der Waals surface area (Å²) in [5, 5.41) is 0. The van der Waals surface area contributed by atoms with Crippen LogP contribution in [0.4, 0.5) is 8.78 Å². The number of hydrogen-bond acceptors (Lipinski definition) is 2. The number of H-pyrrole nitrogens is 1. The van der Waals surface area contributed by atoms with Gasteiger partial charge in [-0.2, -0.15) is 0 Å². The molecule has 5 heteroatoms. The molecule has 2 aromatic rings. The first-order chi connectivity index (χ1) is 8.13. The number of hydrogen-bond donors (Lipinski definition) is 1. The third-order valence-electron chi connectivity index (χ3n) is 2.32. The minimum absolute atomic E-state index is 0.00986. The SMILES string of the molecule is O=Cc1cc(-c2cccc(F)c2F)c[nH]c1=O. The molecule has 0 unspecified atom stereocenters. The van der Waals surface area contributed by atoms with Gasteiger partial charge in [0, 0.05) is 17.3 Å². The first-order valence-electron chi connectivity index (χ1n) is 4.76. The van der Waals surface area contributed by atoms with Crippen molar-refractivity contribution in [3.63, 3.8) is 0 Å². The summed E-state index contributed by atoms with van der Waals surface area (Å²) in [5.74, 6) is -2.00. The van der Waals surface area contributed by atoms with Crippen LogP contribution in [-0.2, 0) is 0 Å². The highest BCUT2D eigenvalue weighted by Gasteiger charge is 2.11. The first kappa shape index (κ1) is 11.2. The predicted molar refractivity (Wildman–Crippen MR) is 57.8 cm³/mol. The van der Waals surface area contributed by atoms with Gasteiger partial charge in [-0.05, 0) is 12.1 Å². The molecule has 0 fully saturated rings. The Labute approximate surface area is 94.7 Å². The minimum atomic E-state index is -1.02. The molecule has 0 bridgehead atoms. The molecule has 0 atom stereocenters. The van der Waals surface area contributed by atoms with E-state index in [9.17, 15) is 18.4 Å². The van der Waals surface area contributed by atoms with E-state index in [2.05, 4.69) is 4.98 Å². The Morgan fingerprint density at radius 2 is 2.00 bits per heavy atom. The topological polar surface area (TPSA) is 49.9 Å². The van der Waals surface area contributed by atoms with E-state index in [1.807, 2.05) is 0 Å². The molecule has 0 aliphatic rings. The van der Waals surface area contributed by atoms with Crippen LogP contribution in [0.3, 0.4) is 0 Å². The van der Waals surface area contributed by atoms with Gasteiger partial charge in [-0.1, -0.05) is 12.1 Å². The molecule has 0 amide bonds. The molecule has 1 aromatic heterocycles. The van der Waals surface area contributed by atoms with Crippen LogP contribution in [0.5, 0.6) is 0 Å². The lowest BCUT2D eigenvalue weighted by atomic mass is 10.1. The van der Waals surface area contributed by atoms with Crippen molar-refractivity contribution in [1.82, 2.24) is 4.98 Å². The monoisotopic (exact) mass is 235 g/mol. The summed E-state index contributed by atoms with van der Waals surface area (Å²) in [5.41, 5.74) is -0.472. The molecule has 0 radical (unpaired) electrons. The van der Waals surface area contributed by atoms with E-state index in [1.54, 1.807) is 0 Å². The Morgan fingerprint density at radius 1 is 1.24 bits per heavy atom. The predicted octanol–water partition coefficient (Wildman–Crippen LogP) is 2.13. The van der Waals surface area contributed by atoms with E-state index >= 15 is 0 Å². The van der Waals surface area contributed by atoms with Crippen molar-refractivity contribution in [2.45, 2.75) is 0 Å². The second kappa shape index (κ2) is 4.29. The van der Waals surface area contributed by atoms with Gasteiger partial charge in [-0.3, -0.25) is 9.59 Å². The van der Waals surface area contributed by atoms with Crippen molar-refractivity contribution in [3.05, 3.63) is 58.0 Å². The molecule has 17 heavy (non-hydrogen) atoms. The number of halogens is 2. The maximum absolute atomic E-state index is 13.5. The van der Waals surface area contributed by atoms with Gasteiger partial charge in [-0.25, -0.2) is 8.78 Å². The van der Waals surface area contributed by atoms with Crippen molar-refractivity contribution in [3.8, 4) is 11.1 Å².